The third-order valence-electron chi connectivity index (χ3n) is 6.22. The fourth-order valence-corrected chi connectivity index (χ4v) is 4.21. The zero-order valence-corrected chi connectivity index (χ0v) is 21.9. The fraction of sp³-hybridized carbons (Fsp3) is 0.345. The molecule has 0 saturated heterocycles. The van der Waals surface area contributed by atoms with Crippen LogP contribution >= 0.6 is 0 Å². The van der Waals surface area contributed by atoms with Gasteiger partial charge in [0.25, 0.3) is 0 Å². The Labute approximate surface area is 216 Å². The van der Waals surface area contributed by atoms with E-state index < -0.39 is 11.6 Å². The first kappa shape index (κ1) is 26.2. The number of aliphatic carboxylic acids is 1. The second-order valence-corrected chi connectivity index (χ2v) is 9.75. The van der Waals surface area contributed by atoms with E-state index >= 15 is 0 Å². The lowest BCUT2D eigenvalue weighted by Crippen LogP contribution is -2.38. The third-order valence-corrected chi connectivity index (χ3v) is 6.22. The Hall–Kier alpha value is -3.91. The summed E-state index contributed by atoms with van der Waals surface area (Å²) in [5.41, 5.74) is 3.42. The van der Waals surface area contributed by atoms with Gasteiger partial charge in [0, 0.05) is 25.1 Å². The smallest absolute Gasteiger partial charge is 0.347 e. The van der Waals surface area contributed by atoms with Crippen LogP contribution in [0, 0.1) is 20.8 Å². The topological polar surface area (TPSA) is 102 Å². The van der Waals surface area contributed by atoms with Crippen molar-refractivity contribution in [2.75, 3.05) is 6.54 Å². The van der Waals surface area contributed by atoms with Gasteiger partial charge in [-0.15, -0.1) is 0 Å². The maximum Gasteiger partial charge on any atom is 0.347 e. The van der Waals surface area contributed by atoms with Gasteiger partial charge >= 0.3 is 5.97 Å². The summed E-state index contributed by atoms with van der Waals surface area (Å²) < 4.78 is 17.3. The minimum absolute atomic E-state index is 0.540. The molecule has 8 nitrogen and oxygen atoms in total. The van der Waals surface area contributed by atoms with Crippen LogP contribution in [0.25, 0.3) is 11.5 Å². The van der Waals surface area contributed by atoms with Crippen molar-refractivity contribution in [3.63, 3.8) is 0 Å². The van der Waals surface area contributed by atoms with E-state index in [4.69, 9.17) is 18.6 Å². The van der Waals surface area contributed by atoms with Gasteiger partial charge in [0.05, 0.1) is 18.4 Å². The summed E-state index contributed by atoms with van der Waals surface area (Å²) >= 11 is 0. The second kappa shape index (κ2) is 11.0. The van der Waals surface area contributed by atoms with Gasteiger partial charge in [-0.1, -0.05) is 30.3 Å². The normalized spacial score (nSPS) is 11.7. The number of hydrogen-bond acceptors (Lipinski definition) is 7. The van der Waals surface area contributed by atoms with Crippen LogP contribution in [0.5, 0.6) is 5.75 Å². The number of oxazole rings is 2. The molecule has 2 aromatic carbocycles. The summed E-state index contributed by atoms with van der Waals surface area (Å²) in [6.07, 6.45) is 3.92. The zero-order valence-electron chi connectivity index (χ0n) is 21.9. The Morgan fingerprint density at radius 1 is 1.08 bits per heavy atom. The number of carbonyl (C=O) groups is 1. The van der Waals surface area contributed by atoms with E-state index in [0.29, 0.717) is 43.6 Å². The van der Waals surface area contributed by atoms with Crippen LogP contribution in [0.3, 0.4) is 0 Å². The summed E-state index contributed by atoms with van der Waals surface area (Å²) in [5, 5.41) is 9.46. The van der Waals surface area contributed by atoms with Crippen LogP contribution in [0.1, 0.15) is 47.9 Å². The molecule has 0 saturated carbocycles. The van der Waals surface area contributed by atoms with Crippen molar-refractivity contribution >= 4 is 5.97 Å². The van der Waals surface area contributed by atoms with Gasteiger partial charge in [0.1, 0.15) is 17.8 Å². The molecule has 2 aromatic heterocycles. The zero-order chi connectivity index (χ0) is 26.6. The fourth-order valence-electron chi connectivity index (χ4n) is 4.21. The first-order valence-electron chi connectivity index (χ1n) is 12.3. The molecule has 0 fully saturated rings. The van der Waals surface area contributed by atoms with Crippen LogP contribution in [0.2, 0.25) is 0 Å². The molecule has 1 N–H and O–H groups in total. The highest BCUT2D eigenvalue weighted by Gasteiger charge is 2.30. The highest BCUT2D eigenvalue weighted by molar-refractivity contribution is 5.77. The summed E-state index contributed by atoms with van der Waals surface area (Å²) in [4.78, 5) is 22.8. The van der Waals surface area contributed by atoms with Crippen LogP contribution in [0.15, 0.2) is 63.8 Å². The van der Waals surface area contributed by atoms with Crippen LogP contribution in [0.4, 0.5) is 0 Å². The molecule has 0 spiro atoms. The predicted molar refractivity (Wildman–Crippen MR) is 139 cm³/mol. The number of benzene rings is 2. The molecule has 0 amide bonds. The lowest BCUT2D eigenvalue weighted by atomic mass is 10.0. The van der Waals surface area contributed by atoms with Gasteiger partial charge in [-0.2, -0.15) is 0 Å². The Morgan fingerprint density at radius 3 is 2.41 bits per heavy atom. The molecule has 0 unspecified atom stereocenters. The number of carboxylic acids is 1. The Bertz CT molecular complexity index is 1320. The molecule has 0 bridgehead atoms. The predicted octanol–water partition coefficient (Wildman–Crippen LogP) is 5.74. The number of carboxylic acid groups (broad SMARTS) is 1. The Kier molecular flexibility index (Phi) is 7.78. The van der Waals surface area contributed by atoms with Gasteiger partial charge in [-0.25, -0.2) is 14.8 Å². The van der Waals surface area contributed by atoms with Crippen LogP contribution < -0.4 is 4.74 Å². The van der Waals surface area contributed by atoms with Crippen molar-refractivity contribution in [1.29, 1.82) is 0 Å². The average molecular weight is 504 g/mol. The van der Waals surface area contributed by atoms with E-state index in [0.717, 1.165) is 33.7 Å². The van der Waals surface area contributed by atoms with Gasteiger partial charge in [0.2, 0.25) is 11.8 Å². The van der Waals surface area contributed by atoms with Crippen LogP contribution in [-0.2, 0) is 24.3 Å². The average Bonchev–Trinajstić information content (AvgIpc) is 3.50. The molecule has 4 rings (SSSR count). The van der Waals surface area contributed by atoms with Crippen molar-refractivity contribution in [2.24, 2.45) is 0 Å². The molecule has 0 radical (unpaired) electrons. The molecule has 194 valence electrons. The summed E-state index contributed by atoms with van der Waals surface area (Å²) in [6.45, 7) is 10.8. The molecule has 8 heteroatoms. The molecular weight excluding hydrogens is 470 g/mol. The number of ether oxygens (including phenoxy) is 1. The van der Waals surface area contributed by atoms with E-state index in [1.54, 1.807) is 26.3 Å². The lowest BCUT2D eigenvalue weighted by Gasteiger charge is -2.25. The molecule has 0 aliphatic carbocycles. The minimum atomic E-state index is -1.32. The van der Waals surface area contributed by atoms with Gasteiger partial charge in [-0.3, -0.25) is 4.90 Å². The van der Waals surface area contributed by atoms with E-state index in [2.05, 4.69) is 9.88 Å². The van der Waals surface area contributed by atoms with Crippen molar-refractivity contribution in [3.8, 4) is 17.2 Å². The first-order valence-corrected chi connectivity index (χ1v) is 12.3. The van der Waals surface area contributed by atoms with E-state index in [1.807, 2.05) is 63.2 Å². The molecule has 37 heavy (non-hydrogen) atoms. The summed E-state index contributed by atoms with van der Waals surface area (Å²) in [6, 6.07) is 14.0. The van der Waals surface area contributed by atoms with Gasteiger partial charge in [0.15, 0.2) is 5.60 Å². The molecule has 0 aliphatic rings. The van der Waals surface area contributed by atoms with Crippen molar-refractivity contribution in [2.45, 2.75) is 59.7 Å². The standard InChI is InChI=1S/C29H33N3O5/c1-19-15-22(16-20(2)26(19)37-29(4,5)28(33)34)17-32(18-25-30-12-14-35-25)13-11-24-21(3)36-27(31-24)23-9-7-6-8-10-23/h6-10,12,14-16H,11,13,17-18H2,1-5H3,(H,33,34). The van der Waals surface area contributed by atoms with E-state index in [1.165, 1.54) is 0 Å². The SMILES string of the molecule is Cc1cc(CN(CCc2nc(-c3ccccc3)oc2C)Cc2ncco2)cc(C)c1OC(C)(C)C(=O)O. The molecule has 2 heterocycles. The second-order valence-electron chi connectivity index (χ2n) is 9.75. The molecule has 0 atom stereocenters. The minimum Gasteiger partial charge on any atom is -0.478 e. The van der Waals surface area contributed by atoms with E-state index in [-0.39, 0.29) is 0 Å². The quantitative estimate of drug-likeness (QED) is 0.276. The van der Waals surface area contributed by atoms with Gasteiger partial charge < -0.3 is 18.7 Å². The number of nitrogens with zero attached hydrogens (tertiary/aromatic N) is 3. The first-order chi connectivity index (χ1) is 17.6. The largest absolute Gasteiger partial charge is 0.478 e. The maximum atomic E-state index is 11.5. The summed E-state index contributed by atoms with van der Waals surface area (Å²) in [7, 11) is 0. The molecule has 0 aliphatic heterocycles. The highest BCUT2D eigenvalue weighted by Crippen LogP contribution is 2.29. The van der Waals surface area contributed by atoms with Gasteiger partial charge in [-0.05, 0) is 63.4 Å². The monoisotopic (exact) mass is 503 g/mol. The Morgan fingerprint density at radius 2 is 1.78 bits per heavy atom. The van der Waals surface area contributed by atoms with Crippen molar-refractivity contribution in [3.05, 3.63) is 89.0 Å². The number of hydrogen-bond donors (Lipinski definition) is 1. The maximum absolute atomic E-state index is 11.5. The highest BCUT2D eigenvalue weighted by atomic mass is 16.5. The van der Waals surface area contributed by atoms with Crippen molar-refractivity contribution < 1.29 is 23.5 Å². The number of aryl methyl sites for hydroxylation is 3. The van der Waals surface area contributed by atoms with E-state index in [9.17, 15) is 9.90 Å². The molecular formula is C29H33N3O5. The van der Waals surface area contributed by atoms with Crippen molar-refractivity contribution in [1.82, 2.24) is 14.9 Å². The third kappa shape index (κ3) is 6.46. The van der Waals surface area contributed by atoms with Crippen LogP contribution in [-0.4, -0.2) is 38.1 Å². The summed E-state index contributed by atoms with van der Waals surface area (Å²) in [5.74, 6) is 1.66. The number of aromatic nitrogens is 2. The number of rotatable bonds is 11. The Balaban J connectivity index is 1.52. The molecule has 4 aromatic rings. The lowest BCUT2D eigenvalue weighted by molar-refractivity contribution is -0.152.